The van der Waals surface area contributed by atoms with Crippen LogP contribution in [0, 0.1) is 5.92 Å². The molecule has 0 amide bonds. The number of rotatable bonds is 4. The average Bonchev–Trinajstić information content (AvgIpc) is 2.78. The second-order valence-corrected chi connectivity index (χ2v) is 7.46. The summed E-state index contributed by atoms with van der Waals surface area (Å²) in [5, 5.41) is 3.10. The molecule has 0 unspecified atom stereocenters. The van der Waals surface area contributed by atoms with Gasteiger partial charge in [0.25, 0.3) is 10.2 Å². The van der Waals surface area contributed by atoms with E-state index in [-0.39, 0.29) is 6.04 Å². The van der Waals surface area contributed by atoms with Crippen molar-refractivity contribution in [2.75, 3.05) is 33.2 Å². The zero-order chi connectivity index (χ0) is 13.2. The Morgan fingerprint density at radius 1 is 1.22 bits per heavy atom. The van der Waals surface area contributed by atoms with E-state index in [1.54, 1.807) is 8.61 Å². The summed E-state index contributed by atoms with van der Waals surface area (Å²) in [6.07, 6.45) is 4.09. The van der Waals surface area contributed by atoms with Crippen molar-refractivity contribution in [1.82, 2.24) is 13.9 Å². The van der Waals surface area contributed by atoms with Gasteiger partial charge in [-0.15, -0.1) is 0 Å². The third-order valence-corrected chi connectivity index (χ3v) is 6.06. The molecule has 0 bridgehead atoms. The normalized spacial score (nSPS) is 31.9. The Kier molecular flexibility index (Phi) is 4.64. The van der Waals surface area contributed by atoms with E-state index >= 15 is 0 Å². The molecule has 2 aliphatic heterocycles. The van der Waals surface area contributed by atoms with Crippen LogP contribution in [0.4, 0.5) is 0 Å². The minimum Gasteiger partial charge on any atom is -0.318 e. The standard InChI is InChI=1S/C12H25N3O2S/c1-11-5-3-7-14(10-11)18(16,17)15-8-4-6-12(15)9-13-2/h11-13H,3-10H2,1-2H3/t11-,12+/m0/s1. The van der Waals surface area contributed by atoms with Crippen LogP contribution < -0.4 is 5.32 Å². The lowest BCUT2D eigenvalue weighted by atomic mass is 10.0. The molecule has 0 aromatic rings. The topological polar surface area (TPSA) is 52.7 Å². The Hall–Kier alpha value is -0.170. The second-order valence-electron chi connectivity index (χ2n) is 5.58. The van der Waals surface area contributed by atoms with Crippen LogP contribution in [-0.4, -0.2) is 56.3 Å². The lowest BCUT2D eigenvalue weighted by molar-refractivity contribution is 0.253. The Balaban J connectivity index is 2.09. The van der Waals surface area contributed by atoms with Gasteiger partial charge in [-0.3, -0.25) is 0 Å². The van der Waals surface area contributed by atoms with Gasteiger partial charge in [-0.05, 0) is 38.6 Å². The zero-order valence-corrected chi connectivity index (χ0v) is 12.2. The largest absolute Gasteiger partial charge is 0.318 e. The number of hydrogen-bond donors (Lipinski definition) is 1. The molecule has 2 atom stereocenters. The van der Waals surface area contributed by atoms with E-state index in [4.69, 9.17) is 0 Å². The molecule has 2 saturated heterocycles. The monoisotopic (exact) mass is 275 g/mol. The first-order valence-electron chi connectivity index (χ1n) is 6.97. The molecular weight excluding hydrogens is 250 g/mol. The minimum absolute atomic E-state index is 0.136. The summed E-state index contributed by atoms with van der Waals surface area (Å²) in [5.74, 6) is 0.485. The molecular formula is C12H25N3O2S. The van der Waals surface area contributed by atoms with Gasteiger partial charge in [0.2, 0.25) is 0 Å². The number of piperidine rings is 1. The highest BCUT2D eigenvalue weighted by molar-refractivity contribution is 7.86. The molecule has 2 fully saturated rings. The first kappa shape index (κ1) is 14.2. The number of likely N-dealkylation sites (N-methyl/N-ethyl adjacent to an activating group) is 1. The fraction of sp³-hybridized carbons (Fsp3) is 1.00. The third-order valence-electron chi connectivity index (χ3n) is 4.01. The highest BCUT2D eigenvalue weighted by Gasteiger charge is 2.38. The summed E-state index contributed by atoms with van der Waals surface area (Å²) < 4.78 is 28.7. The van der Waals surface area contributed by atoms with Gasteiger partial charge in [-0.1, -0.05) is 6.92 Å². The third kappa shape index (κ3) is 2.87. The van der Waals surface area contributed by atoms with Gasteiger partial charge < -0.3 is 5.32 Å². The van der Waals surface area contributed by atoms with E-state index in [2.05, 4.69) is 12.2 Å². The van der Waals surface area contributed by atoms with Crippen molar-refractivity contribution < 1.29 is 8.42 Å². The molecule has 106 valence electrons. The molecule has 0 spiro atoms. The fourth-order valence-corrected chi connectivity index (χ4v) is 5.07. The molecule has 5 nitrogen and oxygen atoms in total. The smallest absolute Gasteiger partial charge is 0.282 e. The van der Waals surface area contributed by atoms with Crippen molar-refractivity contribution >= 4 is 10.2 Å². The van der Waals surface area contributed by atoms with E-state index in [0.29, 0.717) is 25.6 Å². The van der Waals surface area contributed by atoms with Crippen LogP contribution >= 0.6 is 0 Å². The Labute approximate surface area is 111 Å². The molecule has 6 heteroatoms. The SMILES string of the molecule is CNC[C@H]1CCCN1S(=O)(=O)N1CCC[C@H](C)C1. The van der Waals surface area contributed by atoms with Gasteiger partial charge >= 0.3 is 0 Å². The first-order valence-corrected chi connectivity index (χ1v) is 8.37. The van der Waals surface area contributed by atoms with Crippen LogP contribution in [0.3, 0.4) is 0 Å². The summed E-state index contributed by atoms with van der Waals surface area (Å²) in [4.78, 5) is 0. The van der Waals surface area contributed by atoms with Crippen LogP contribution in [0.2, 0.25) is 0 Å². The van der Waals surface area contributed by atoms with Crippen LogP contribution in [0.25, 0.3) is 0 Å². The van der Waals surface area contributed by atoms with E-state index < -0.39 is 10.2 Å². The molecule has 0 radical (unpaired) electrons. The van der Waals surface area contributed by atoms with Gasteiger partial charge in [0.1, 0.15) is 0 Å². The lowest BCUT2D eigenvalue weighted by Gasteiger charge is -2.35. The van der Waals surface area contributed by atoms with Gasteiger partial charge in [0.05, 0.1) is 0 Å². The van der Waals surface area contributed by atoms with Crippen molar-refractivity contribution in [3.05, 3.63) is 0 Å². The highest BCUT2D eigenvalue weighted by Crippen LogP contribution is 2.26. The van der Waals surface area contributed by atoms with Crippen molar-refractivity contribution in [2.45, 2.75) is 38.6 Å². The molecule has 1 N–H and O–H groups in total. The van der Waals surface area contributed by atoms with Crippen LogP contribution in [0.1, 0.15) is 32.6 Å². The number of hydrogen-bond acceptors (Lipinski definition) is 3. The van der Waals surface area contributed by atoms with Crippen LogP contribution in [-0.2, 0) is 10.2 Å². The van der Waals surface area contributed by atoms with Crippen molar-refractivity contribution in [1.29, 1.82) is 0 Å². The maximum Gasteiger partial charge on any atom is 0.282 e. The summed E-state index contributed by atoms with van der Waals surface area (Å²) in [7, 11) is -1.36. The Bertz CT molecular complexity index is 372. The first-order chi connectivity index (χ1) is 8.55. The highest BCUT2D eigenvalue weighted by atomic mass is 32.2. The summed E-state index contributed by atoms with van der Waals surface area (Å²) in [5.41, 5.74) is 0. The van der Waals surface area contributed by atoms with Crippen LogP contribution in [0.5, 0.6) is 0 Å². The lowest BCUT2D eigenvalue weighted by Crippen LogP contribution is -2.50. The fourth-order valence-electron chi connectivity index (χ4n) is 3.06. The Morgan fingerprint density at radius 2 is 1.94 bits per heavy atom. The van der Waals surface area contributed by atoms with Crippen LogP contribution in [0.15, 0.2) is 0 Å². The van der Waals surface area contributed by atoms with Gasteiger partial charge in [-0.2, -0.15) is 17.0 Å². The Morgan fingerprint density at radius 3 is 2.61 bits per heavy atom. The molecule has 2 heterocycles. The second kappa shape index (κ2) is 5.86. The quantitative estimate of drug-likeness (QED) is 0.819. The van der Waals surface area contributed by atoms with E-state index in [9.17, 15) is 8.42 Å². The molecule has 0 saturated carbocycles. The van der Waals surface area contributed by atoms with Gasteiger partial charge in [-0.25, -0.2) is 0 Å². The molecule has 2 rings (SSSR count). The maximum atomic E-state index is 12.6. The molecule has 18 heavy (non-hydrogen) atoms. The van der Waals surface area contributed by atoms with Gasteiger partial charge in [0.15, 0.2) is 0 Å². The maximum absolute atomic E-state index is 12.6. The number of nitrogens with one attached hydrogen (secondary N) is 1. The number of nitrogens with zero attached hydrogens (tertiary/aromatic N) is 2. The molecule has 2 aliphatic rings. The average molecular weight is 275 g/mol. The predicted octanol–water partition coefficient (Wildman–Crippen LogP) is 0.647. The van der Waals surface area contributed by atoms with Crippen molar-refractivity contribution in [3.8, 4) is 0 Å². The van der Waals surface area contributed by atoms with E-state index in [0.717, 1.165) is 32.2 Å². The summed E-state index contributed by atoms with van der Waals surface area (Å²) >= 11 is 0. The van der Waals surface area contributed by atoms with E-state index in [1.807, 2.05) is 7.05 Å². The molecule has 0 aliphatic carbocycles. The molecule has 0 aromatic heterocycles. The predicted molar refractivity (Wildman–Crippen MR) is 72.5 cm³/mol. The van der Waals surface area contributed by atoms with E-state index in [1.165, 1.54) is 0 Å². The zero-order valence-electron chi connectivity index (χ0n) is 11.4. The van der Waals surface area contributed by atoms with Crippen molar-refractivity contribution in [2.24, 2.45) is 5.92 Å². The van der Waals surface area contributed by atoms with Crippen molar-refractivity contribution in [3.63, 3.8) is 0 Å². The summed E-state index contributed by atoms with van der Waals surface area (Å²) in [6, 6.07) is 0.136. The summed E-state index contributed by atoms with van der Waals surface area (Å²) in [6.45, 7) is 4.94. The minimum atomic E-state index is -3.24. The molecule has 0 aromatic carbocycles. The van der Waals surface area contributed by atoms with Gasteiger partial charge in [0, 0.05) is 32.2 Å².